The summed E-state index contributed by atoms with van der Waals surface area (Å²) in [5.41, 5.74) is 6.08. The third kappa shape index (κ3) is 3.87. The zero-order valence-electron chi connectivity index (χ0n) is 17.7. The molecule has 1 aliphatic carbocycles. The van der Waals surface area contributed by atoms with Gasteiger partial charge < -0.3 is 10.3 Å². The minimum atomic E-state index is 0.00741. The van der Waals surface area contributed by atoms with Gasteiger partial charge in [-0.05, 0) is 77.1 Å². The number of rotatable bonds is 4. The molecule has 0 saturated carbocycles. The molecule has 1 heterocycles. The van der Waals surface area contributed by atoms with E-state index >= 15 is 0 Å². The number of hydrogen-bond donors (Lipinski definition) is 2. The molecule has 4 heteroatoms. The Morgan fingerprint density at radius 3 is 2.52 bits per heavy atom. The predicted octanol–water partition coefficient (Wildman–Crippen LogP) is 6.25. The number of amides is 1. The molecule has 0 bridgehead atoms. The molecule has 3 aromatic rings. The minimum absolute atomic E-state index is 0.00741. The first-order valence-electron chi connectivity index (χ1n) is 10.4. The summed E-state index contributed by atoms with van der Waals surface area (Å²) in [6.07, 6.45) is 5.16. The van der Waals surface area contributed by atoms with Crippen LogP contribution in [0.1, 0.15) is 67.6 Å². The molecule has 2 aromatic carbocycles. The maximum absolute atomic E-state index is 12.8. The van der Waals surface area contributed by atoms with Crippen LogP contribution in [-0.4, -0.2) is 17.4 Å². The maximum Gasteiger partial charge on any atom is 0.251 e. The Balaban J connectivity index is 1.48. The first-order valence-corrected chi connectivity index (χ1v) is 11.2. The molecular formula is C25H29BrN2O. The molecule has 4 rings (SSSR count). The Hall–Kier alpha value is -2.07. The number of benzene rings is 2. The second-order valence-corrected chi connectivity index (χ2v) is 10.5. The number of fused-ring (bicyclic) bond motifs is 2. The lowest BCUT2D eigenvalue weighted by Crippen LogP contribution is -2.34. The second-order valence-electron chi connectivity index (χ2n) is 9.54. The van der Waals surface area contributed by atoms with E-state index in [2.05, 4.69) is 78.2 Å². The van der Waals surface area contributed by atoms with Gasteiger partial charge in [0.1, 0.15) is 0 Å². The van der Waals surface area contributed by atoms with Crippen LogP contribution in [0.15, 0.2) is 47.1 Å². The highest BCUT2D eigenvalue weighted by Gasteiger charge is 2.37. The lowest BCUT2D eigenvalue weighted by molar-refractivity contribution is 0.0954. The van der Waals surface area contributed by atoms with E-state index in [4.69, 9.17) is 0 Å². The van der Waals surface area contributed by atoms with Gasteiger partial charge in [0.05, 0.1) is 0 Å². The minimum Gasteiger partial charge on any atom is -0.361 e. The topological polar surface area (TPSA) is 44.9 Å². The molecule has 0 radical (unpaired) electrons. The Morgan fingerprint density at radius 1 is 1.03 bits per heavy atom. The average Bonchev–Trinajstić information content (AvgIpc) is 3.07. The normalized spacial score (nSPS) is 17.1. The van der Waals surface area contributed by atoms with Gasteiger partial charge in [0.25, 0.3) is 5.91 Å². The van der Waals surface area contributed by atoms with Crippen molar-refractivity contribution >= 4 is 32.7 Å². The zero-order chi connectivity index (χ0) is 20.8. The predicted molar refractivity (Wildman–Crippen MR) is 124 cm³/mol. The molecule has 2 N–H and O–H groups in total. The molecule has 0 unspecified atom stereocenters. The van der Waals surface area contributed by atoms with E-state index in [-0.39, 0.29) is 16.7 Å². The second kappa shape index (κ2) is 7.32. The van der Waals surface area contributed by atoms with E-state index < -0.39 is 0 Å². The van der Waals surface area contributed by atoms with Crippen molar-refractivity contribution in [3.05, 3.63) is 69.3 Å². The van der Waals surface area contributed by atoms with E-state index in [0.717, 1.165) is 28.4 Å². The number of halogens is 1. The van der Waals surface area contributed by atoms with Gasteiger partial charge in [0, 0.05) is 33.7 Å². The van der Waals surface area contributed by atoms with E-state index in [1.165, 1.54) is 28.5 Å². The van der Waals surface area contributed by atoms with Crippen LogP contribution >= 0.6 is 15.9 Å². The summed E-state index contributed by atoms with van der Waals surface area (Å²) >= 11 is 3.54. The Labute approximate surface area is 181 Å². The molecule has 1 aliphatic rings. The first kappa shape index (κ1) is 20.2. The van der Waals surface area contributed by atoms with Crippen LogP contribution in [0.25, 0.3) is 10.9 Å². The van der Waals surface area contributed by atoms with Gasteiger partial charge in [-0.2, -0.15) is 0 Å². The summed E-state index contributed by atoms with van der Waals surface area (Å²) in [5, 5.41) is 4.31. The summed E-state index contributed by atoms with van der Waals surface area (Å²) in [5.74, 6) is 0.00741. The molecule has 0 fully saturated rings. The highest BCUT2D eigenvalue weighted by atomic mass is 79.9. The largest absolute Gasteiger partial charge is 0.361 e. The van der Waals surface area contributed by atoms with E-state index in [0.29, 0.717) is 6.54 Å². The van der Waals surface area contributed by atoms with Crippen molar-refractivity contribution in [2.75, 3.05) is 6.54 Å². The van der Waals surface area contributed by atoms with Crippen molar-refractivity contribution in [1.29, 1.82) is 0 Å². The quantitative estimate of drug-likeness (QED) is 0.482. The summed E-state index contributed by atoms with van der Waals surface area (Å²) in [7, 11) is 0. The molecule has 0 saturated heterocycles. The van der Waals surface area contributed by atoms with Crippen molar-refractivity contribution in [3.8, 4) is 0 Å². The van der Waals surface area contributed by atoms with E-state index in [1.807, 2.05) is 18.3 Å². The van der Waals surface area contributed by atoms with Gasteiger partial charge >= 0.3 is 0 Å². The maximum atomic E-state index is 12.8. The van der Waals surface area contributed by atoms with Crippen LogP contribution < -0.4 is 5.32 Å². The lowest BCUT2D eigenvalue weighted by atomic mass is 9.63. The molecule has 29 heavy (non-hydrogen) atoms. The monoisotopic (exact) mass is 452 g/mol. The number of carbonyl (C=O) groups excluding carboxylic acids is 1. The fraction of sp³-hybridized carbons (Fsp3) is 0.400. The molecule has 1 amide bonds. The summed E-state index contributed by atoms with van der Waals surface area (Å²) in [6, 6.07) is 12.5. The molecule has 0 aliphatic heterocycles. The van der Waals surface area contributed by atoms with Gasteiger partial charge in [-0.15, -0.1) is 0 Å². The SMILES string of the molecule is CC1(C)CCC(C)(C)c2cc(C(=O)NCCc3c[nH]c4ccc(Br)cc34)ccc21. The number of hydrogen-bond acceptors (Lipinski definition) is 1. The van der Waals surface area contributed by atoms with Crippen LogP contribution in [0.4, 0.5) is 0 Å². The first-order chi connectivity index (χ1) is 13.7. The standard InChI is InChI=1S/C25H29BrN2O/c1-24(2)10-11-25(3,4)21-13-16(5-7-20(21)24)23(29)27-12-9-17-15-28-22-8-6-18(26)14-19(17)22/h5-8,13-15,28H,9-12H2,1-4H3,(H,27,29). The highest BCUT2D eigenvalue weighted by molar-refractivity contribution is 9.10. The van der Waals surface area contributed by atoms with Crippen molar-refractivity contribution < 1.29 is 4.79 Å². The van der Waals surface area contributed by atoms with E-state index in [1.54, 1.807) is 0 Å². The Bertz CT molecular complexity index is 1080. The molecule has 3 nitrogen and oxygen atoms in total. The van der Waals surface area contributed by atoms with Gasteiger partial charge in [-0.25, -0.2) is 0 Å². The van der Waals surface area contributed by atoms with Crippen LogP contribution in [-0.2, 0) is 17.3 Å². The summed E-state index contributed by atoms with van der Waals surface area (Å²) in [4.78, 5) is 16.1. The molecule has 152 valence electrons. The third-order valence-electron chi connectivity index (χ3n) is 6.52. The van der Waals surface area contributed by atoms with Crippen LogP contribution in [0.3, 0.4) is 0 Å². The fourth-order valence-corrected chi connectivity index (χ4v) is 4.86. The number of H-pyrrole nitrogens is 1. The number of carbonyl (C=O) groups is 1. The molecule has 1 aromatic heterocycles. The highest BCUT2D eigenvalue weighted by Crippen LogP contribution is 2.45. The van der Waals surface area contributed by atoms with Crippen molar-refractivity contribution in [2.24, 2.45) is 0 Å². The Morgan fingerprint density at radius 2 is 1.76 bits per heavy atom. The average molecular weight is 453 g/mol. The van der Waals surface area contributed by atoms with Gasteiger partial charge in [-0.1, -0.05) is 49.7 Å². The number of aromatic nitrogens is 1. The van der Waals surface area contributed by atoms with Crippen LogP contribution in [0.5, 0.6) is 0 Å². The number of aromatic amines is 1. The third-order valence-corrected chi connectivity index (χ3v) is 7.02. The molecular weight excluding hydrogens is 424 g/mol. The van der Waals surface area contributed by atoms with Crippen molar-refractivity contribution in [3.63, 3.8) is 0 Å². The zero-order valence-corrected chi connectivity index (χ0v) is 19.2. The molecule has 0 atom stereocenters. The fourth-order valence-electron chi connectivity index (χ4n) is 4.50. The smallest absolute Gasteiger partial charge is 0.251 e. The van der Waals surface area contributed by atoms with Crippen LogP contribution in [0, 0.1) is 0 Å². The molecule has 0 spiro atoms. The summed E-state index contributed by atoms with van der Waals surface area (Å²) < 4.78 is 1.06. The Kier molecular flexibility index (Phi) is 5.10. The van der Waals surface area contributed by atoms with Crippen molar-refractivity contribution in [2.45, 2.75) is 57.8 Å². The van der Waals surface area contributed by atoms with Gasteiger partial charge in [-0.3, -0.25) is 4.79 Å². The van der Waals surface area contributed by atoms with Crippen LogP contribution in [0.2, 0.25) is 0 Å². The van der Waals surface area contributed by atoms with Gasteiger partial charge in [0.15, 0.2) is 0 Å². The van der Waals surface area contributed by atoms with Crippen molar-refractivity contribution in [1.82, 2.24) is 10.3 Å². The van der Waals surface area contributed by atoms with E-state index in [9.17, 15) is 4.79 Å². The summed E-state index contributed by atoms with van der Waals surface area (Å²) in [6.45, 7) is 9.81. The number of nitrogens with one attached hydrogen (secondary N) is 2. The lowest BCUT2D eigenvalue weighted by Gasteiger charge is -2.42. The van der Waals surface area contributed by atoms with Gasteiger partial charge in [0.2, 0.25) is 0 Å².